The summed E-state index contributed by atoms with van der Waals surface area (Å²) in [6.07, 6.45) is 0.839. The molecule has 0 spiro atoms. The second-order valence-electron chi connectivity index (χ2n) is 5.63. The van der Waals surface area contributed by atoms with E-state index in [1.54, 1.807) is 36.4 Å². The minimum atomic E-state index is -0.388. The summed E-state index contributed by atoms with van der Waals surface area (Å²) in [6, 6.07) is 15.6. The largest absolute Gasteiger partial charge is 0.484 e. The van der Waals surface area contributed by atoms with Crippen LogP contribution in [0.4, 0.5) is 0 Å². The summed E-state index contributed by atoms with van der Waals surface area (Å²) < 4.78 is 5.37. The number of hydrogen-bond donors (Lipinski definition) is 2. The first-order valence-electron chi connectivity index (χ1n) is 8.46. The van der Waals surface area contributed by atoms with E-state index in [9.17, 15) is 14.4 Å². The number of hydrogen-bond acceptors (Lipinski definition) is 4. The Kier molecular flexibility index (Phi) is 7.36. The van der Waals surface area contributed by atoms with Crippen LogP contribution in [0.25, 0.3) is 0 Å². The van der Waals surface area contributed by atoms with Crippen LogP contribution >= 0.6 is 0 Å². The van der Waals surface area contributed by atoms with Crippen molar-refractivity contribution in [2.75, 3.05) is 19.7 Å². The van der Waals surface area contributed by atoms with Gasteiger partial charge in [0.2, 0.25) is 5.91 Å². The van der Waals surface area contributed by atoms with Gasteiger partial charge in [-0.05, 0) is 30.7 Å². The molecule has 6 nitrogen and oxygen atoms in total. The number of ether oxygens (including phenoxy) is 1. The lowest BCUT2D eigenvalue weighted by Gasteiger charge is -2.08. The van der Waals surface area contributed by atoms with Gasteiger partial charge in [0.25, 0.3) is 5.91 Å². The molecule has 2 rings (SSSR count). The van der Waals surface area contributed by atoms with E-state index in [2.05, 4.69) is 10.6 Å². The Balaban J connectivity index is 1.79. The smallest absolute Gasteiger partial charge is 0.258 e. The van der Waals surface area contributed by atoms with Crippen molar-refractivity contribution in [3.63, 3.8) is 0 Å². The van der Waals surface area contributed by atoms with Crippen molar-refractivity contribution >= 4 is 17.6 Å². The lowest BCUT2D eigenvalue weighted by molar-refractivity contribution is -0.127. The number of rotatable bonds is 9. The highest BCUT2D eigenvalue weighted by Gasteiger charge is 2.09. The predicted octanol–water partition coefficient (Wildman–Crippen LogP) is 1.94. The summed E-state index contributed by atoms with van der Waals surface area (Å²) >= 11 is 0. The first-order chi connectivity index (χ1) is 12.6. The van der Waals surface area contributed by atoms with Crippen molar-refractivity contribution in [2.45, 2.75) is 13.3 Å². The van der Waals surface area contributed by atoms with Crippen LogP contribution in [0, 0.1) is 0 Å². The molecule has 6 heteroatoms. The Bertz CT molecular complexity index is 742. The summed E-state index contributed by atoms with van der Waals surface area (Å²) in [5, 5.41) is 5.15. The highest BCUT2D eigenvalue weighted by atomic mass is 16.5. The Hall–Kier alpha value is -3.15. The van der Waals surface area contributed by atoms with Crippen LogP contribution in [0.5, 0.6) is 5.75 Å². The quantitative estimate of drug-likeness (QED) is 0.674. The minimum Gasteiger partial charge on any atom is -0.484 e. The number of benzene rings is 2. The fourth-order valence-corrected chi connectivity index (χ4v) is 2.16. The van der Waals surface area contributed by atoms with E-state index >= 15 is 0 Å². The highest BCUT2D eigenvalue weighted by Crippen LogP contribution is 2.15. The van der Waals surface area contributed by atoms with E-state index in [-0.39, 0.29) is 30.7 Å². The van der Waals surface area contributed by atoms with Gasteiger partial charge in [-0.2, -0.15) is 0 Å². The zero-order chi connectivity index (χ0) is 18.8. The molecule has 0 aliphatic rings. The van der Waals surface area contributed by atoms with Crippen LogP contribution in [-0.4, -0.2) is 37.3 Å². The van der Waals surface area contributed by atoms with Crippen LogP contribution in [-0.2, 0) is 9.59 Å². The van der Waals surface area contributed by atoms with Crippen molar-refractivity contribution in [3.05, 3.63) is 65.7 Å². The van der Waals surface area contributed by atoms with E-state index < -0.39 is 0 Å². The first kappa shape index (κ1) is 19.2. The molecular weight excluding hydrogens is 332 g/mol. The maximum atomic E-state index is 12.3. The van der Waals surface area contributed by atoms with Crippen LogP contribution in [0.15, 0.2) is 54.6 Å². The molecule has 0 heterocycles. The van der Waals surface area contributed by atoms with Gasteiger partial charge in [0.05, 0.1) is 6.54 Å². The van der Waals surface area contributed by atoms with Gasteiger partial charge in [-0.15, -0.1) is 0 Å². The van der Waals surface area contributed by atoms with Crippen molar-refractivity contribution in [1.29, 1.82) is 0 Å². The van der Waals surface area contributed by atoms with Gasteiger partial charge in [0.15, 0.2) is 12.4 Å². The molecule has 0 saturated heterocycles. The first-order valence-corrected chi connectivity index (χ1v) is 8.46. The van der Waals surface area contributed by atoms with Gasteiger partial charge in [-0.3, -0.25) is 14.4 Å². The molecule has 0 radical (unpaired) electrons. The van der Waals surface area contributed by atoms with Crippen LogP contribution < -0.4 is 15.4 Å². The lowest BCUT2D eigenvalue weighted by Crippen LogP contribution is -2.39. The zero-order valence-electron chi connectivity index (χ0n) is 14.7. The van der Waals surface area contributed by atoms with Crippen LogP contribution in [0.1, 0.15) is 29.3 Å². The molecule has 2 aromatic carbocycles. The fraction of sp³-hybridized carbons (Fsp3) is 0.250. The van der Waals surface area contributed by atoms with E-state index in [4.69, 9.17) is 4.74 Å². The maximum absolute atomic E-state index is 12.3. The molecule has 0 bridgehead atoms. The predicted molar refractivity (Wildman–Crippen MR) is 98.1 cm³/mol. The van der Waals surface area contributed by atoms with Crippen LogP contribution in [0.2, 0.25) is 0 Å². The van der Waals surface area contributed by atoms with Gasteiger partial charge in [-0.1, -0.05) is 37.3 Å². The minimum absolute atomic E-state index is 0.0759. The molecule has 0 saturated carbocycles. The van der Waals surface area contributed by atoms with Gasteiger partial charge >= 0.3 is 0 Å². The third kappa shape index (κ3) is 6.05. The van der Waals surface area contributed by atoms with Crippen molar-refractivity contribution in [1.82, 2.24) is 10.6 Å². The SMILES string of the molecule is CCCNC(=O)CNC(=O)COc1ccc(C(=O)c2ccccc2)cc1. The number of nitrogens with one attached hydrogen (secondary N) is 2. The molecule has 2 amide bonds. The molecule has 0 fully saturated rings. The molecule has 0 unspecified atom stereocenters. The number of carbonyl (C=O) groups excluding carboxylic acids is 3. The number of amides is 2. The average molecular weight is 354 g/mol. The third-order valence-electron chi connectivity index (χ3n) is 3.54. The summed E-state index contributed by atoms with van der Waals surface area (Å²) in [5.74, 6) is -0.224. The van der Waals surface area contributed by atoms with E-state index in [0.29, 0.717) is 23.4 Å². The molecule has 0 aromatic heterocycles. The summed E-state index contributed by atoms with van der Waals surface area (Å²) in [7, 11) is 0. The second-order valence-corrected chi connectivity index (χ2v) is 5.63. The third-order valence-corrected chi connectivity index (χ3v) is 3.54. The molecule has 2 N–H and O–H groups in total. The lowest BCUT2D eigenvalue weighted by atomic mass is 10.0. The van der Waals surface area contributed by atoms with Crippen molar-refractivity contribution in [2.24, 2.45) is 0 Å². The van der Waals surface area contributed by atoms with Gasteiger partial charge in [-0.25, -0.2) is 0 Å². The standard InChI is InChI=1S/C20H22N2O4/c1-2-12-21-18(23)13-22-19(24)14-26-17-10-8-16(9-11-17)20(25)15-6-4-3-5-7-15/h3-11H,2,12-14H2,1H3,(H,21,23)(H,22,24). The van der Waals surface area contributed by atoms with Crippen molar-refractivity contribution < 1.29 is 19.1 Å². The molecule has 0 aliphatic heterocycles. The van der Waals surface area contributed by atoms with Crippen molar-refractivity contribution in [3.8, 4) is 5.75 Å². The molecule has 136 valence electrons. The molecular formula is C20H22N2O4. The van der Waals surface area contributed by atoms with Gasteiger partial charge in [0.1, 0.15) is 5.75 Å². The maximum Gasteiger partial charge on any atom is 0.258 e. The Labute approximate surface area is 152 Å². The normalized spacial score (nSPS) is 10.0. The van der Waals surface area contributed by atoms with E-state index in [0.717, 1.165) is 6.42 Å². The molecule has 26 heavy (non-hydrogen) atoms. The molecule has 2 aromatic rings. The Morgan fingerprint density at radius 1 is 0.846 bits per heavy atom. The molecule has 0 atom stereocenters. The van der Waals surface area contributed by atoms with Gasteiger partial charge < -0.3 is 15.4 Å². The Morgan fingerprint density at radius 2 is 1.50 bits per heavy atom. The summed E-state index contributed by atoms with van der Waals surface area (Å²) in [6.45, 7) is 2.25. The second kappa shape index (κ2) is 9.98. The topological polar surface area (TPSA) is 84.5 Å². The monoisotopic (exact) mass is 354 g/mol. The average Bonchev–Trinajstić information content (AvgIpc) is 2.69. The van der Waals surface area contributed by atoms with Crippen LogP contribution in [0.3, 0.4) is 0 Å². The highest BCUT2D eigenvalue weighted by molar-refractivity contribution is 6.08. The number of ketones is 1. The number of carbonyl (C=O) groups is 3. The summed E-state index contributed by atoms with van der Waals surface area (Å²) in [5.41, 5.74) is 1.16. The Morgan fingerprint density at radius 3 is 2.15 bits per heavy atom. The fourth-order valence-electron chi connectivity index (χ4n) is 2.16. The van der Waals surface area contributed by atoms with Gasteiger partial charge in [0, 0.05) is 17.7 Å². The summed E-state index contributed by atoms with van der Waals surface area (Å²) in [4.78, 5) is 35.4. The molecule has 0 aliphatic carbocycles. The van der Waals surface area contributed by atoms with E-state index in [1.807, 2.05) is 25.1 Å². The zero-order valence-corrected chi connectivity index (χ0v) is 14.7. The van der Waals surface area contributed by atoms with E-state index in [1.165, 1.54) is 0 Å².